The number of hydrogen-bond acceptors (Lipinski definition) is 4. The summed E-state index contributed by atoms with van der Waals surface area (Å²) >= 11 is 0. The van der Waals surface area contributed by atoms with Gasteiger partial charge in [0, 0.05) is 37.8 Å². The van der Waals surface area contributed by atoms with Gasteiger partial charge in [0.1, 0.15) is 0 Å². The van der Waals surface area contributed by atoms with Crippen LogP contribution in [0.25, 0.3) is 0 Å². The first-order valence-electron chi connectivity index (χ1n) is 9.92. The summed E-state index contributed by atoms with van der Waals surface area (Å²) in [6.45, 7) is 4.88. The molecule has 2 N–H and O–H groups in total. The van der Waals surface area contributed by atoms with Crippen LogP contribution >= 0.6 is 12.4 Å². The summed E-state index contributed by atoms with van der Waals surface area (Å²) in [6.07, 6.45) is 7.60. The minimum absolute atomic E-state index is 0. The van der Waals surface area contributed by atoms with Crippen molar-refractivity contribution < 1.29 is 13.2 Å². The summed E-state index contributed by atoms with van der Waals surface area (Å²) in [7, 11) is -2.05. The first-order valence-corrected chi connectivity index (χ1v) is 11.4. The third-order valence-corrected chi connectivity index (χ3v) is 7.23. The molecule has 0 heterocycles. The Morgan fingerprint density at radius 3 is 2.39 bits per heavy atom. The fourth-order valence-corrected chi connectivity index (χ4v) is 4.69. The summed E-state index contributed by atoms with van der Waals surface area (Å²) in [5.41, 5.74) is 0.364. The van der Waals surface area contributed by atoms with Gasteiger partial charge in [-0.3, -0.25) is 4.79 Å². The molecule has 8 heteroatoms. The van der Waals surface area contributed by atoms with Gasteiger partial charge in [-0.05, 0) is 44.9 Å². The fourth-order valence-electron chi connectivity index (χ4n) is 3.28. The zero-order chi connectivity index (χ0) is 19.9. The number of carbonyl (C=O) groups excluding carboxylic acids is 1. The number of nitrogens with one attached hydrogen (secondary N) is 2. The highest BCUT2D eigenvalue weighted by atomic mass is 35.5. The largest absolute Gasteiger partial charge is 0.351 e. The maximum absolute atomic E-state index is 12.6. The molecule has 1 amide bonds. The lowest BCUT2D eigenvalue weighted by Gasteiger charge is -2.21. The SMILES string of the molecule is CC(C)N(C)S(=O)(=O)c1cccc(C(=O)NCCNC2CCCCCC2)c1.Cl. The molecule has 1 saturated carbocycles. The van der Waals surface area contributed by atoms with E-state index in [2.05, 4.69) is 10.6 Å². The lowest BCUT2D eigenvalue weighted by molar-refractivity contribution is 0.0953. The smallest absolute Gasteiger partial charge is 0.251 e. The predicted octanol–water partition coefficient (Wildman–Crippen LogP) is 3.18. The first kappa shape index (κ1) is 24.9. The number of nitrogens with zero attached hydrogens (tertiary/aromatic N) is 1. The Hall–Kier alpha value is -1.15. The van der Waals surface area contributed by atoms with E-state index in [9.17, 15) is 13.2 Å². The Morgan fingerprint density at radius 2 is 1.79 bits per heavy atom. The molecule has 0 aromatic heterocycles. The summed E-state index contributed by atoms with van der Waals surface area (Å²) in [6, 6.07) is 6.62. The van der Waals surface area contributed by atoms with Crippen molar-refractivity contribution in [2.75, 3.05) is 20.1 Å². The monoisotopic (exact) mass is 431 g/mol. The second-order valence-corrected chi connectivity index (χ2v) is 9.54. The number of benzene rings is 1. The van der Waals surface area contributed by atoms with E-state index in [-0.39, 0.29) is 29.3 Å². The van der Waals surface area contributed by atoms with E-state index in [4.69, 9.17) is 0 Å². The zero-order valence-electron chi connectivity index (χ0n) is 17.1. The molecule has 6 nitrogen and oxygen atoms in total. The quantitative estimate of drug-likeness (QED) is 0.489. The molecule has 28 heavy (non-hydrogen) atoms. The summed E-state index contributed by atoms with van der Waals surface area (Å²) in [5.74, 6) is -0.248. The Kier molecular flexibility index (Phi) is 10.4. The Labute approximate surface area is 175 Å². The average molecular weight is 432 g/mol. The van der Waals surface area contributed by atoms with Crippen LogP contribution in [0.4, 0.5) is 0 Å². The van der Waals surface area contributed by atoms with Gasteiger partial charge in [0.25, 0.3) is 5.91 Å². The highest BCUT2D eigenvalue weighted by molar-refractivity contribution is 7.89. The van der Waals surface area contributed by atoms with Crippen molar-refractivity contribution in [3.63, 3.8) is 0 Å². The summed E-state index contributed by atoms with van der Waals surface area (Å²) in [5, 5.41) is 6.39. The van der Waals surface area contributed by atoms with Crippen molar-refractivity contribution in [1.82, 2.24) is 14.9 Å². The van der Waals surface area contributed by atoms with E-state index in [1.54, 1.807) is 19.2 Å². The van der Waals surface area contributed by atoms with Crippen molar-refractivity contribution in [1.29, 1.82) is 0 Å². The molecule has 0 unspecified atom stereocenters. The van der Waals surface area contributed by atoms with Crippen LogP contribution in [0.15, 0.2) is 29.2 Å². The number of sulfonamides is 1. The molecule has 1 aliphatic rings. The molecule has 1 fully saturated rings. The van der Waals surface area contributed by atoms with E-state index in [1.165, 1.54) is 55.0 Å². The molecule has 0 aliphatic heterocycles. The van der Waals surface area contributed by atoms with Gasteiger partial charge in [0.15, 0.2) is 0 Å². The molecular formula is C20H34ClN3O3S. The van der Waals surface area contributed by atoms with Crippen LogP contribution in [-0.4, -0.2) is 50.9 Å². The highest BCUT2D eigenvalue weighted by Gasteiger charge is 2.23. The third kappa shape index (κ3) is 7.03. The van der Waals surface area contributed by atoms with Crippen LogP contribution in [0.5, 0.6) is 0 Å². The van der Waals surface area contributed by atoms with Crippen molar-refractivity contribution >= 4 is 28.3 Å². The Morgan fingerprint density at radius 1 is 1.14 bits per heavy atom. The number of halogens is 1. The molecular weight excluding hydrogens is 398 g/mol. The lowest BCUT2D eigenvalue weighted by atomic mass is 10.1. The van der Waals surface area contributed by atoms with Crippen LogP contribution < -0.4 is 10.6 Å². The maximum Gasteiger partial charge on any atom is 0.251 e. The van der Waals surface area contributed by atoms with Crippen LogP contribution in [0, 0.1) is 0 Å². The van der Waals surface area contributed by atoms with Crippen LogP contribution in [0.2, 0.25) is 0 Å². The van der Waals surface area contributed by atoms with Gasteiger partial charge in [-0.15, -0.1) is 12.4 Å². The van der Waals surface area contributed by atoms with E-state index in [0.29, 0.717) is 18.2 Å². The van der Waals surface area contributed by atoms with Gasteiger partial charge < -0.3 is 10.6 Å². The second-order valence-electron chi connectivity index (χ2n) is 7.54. The molecule has 1 aliphatic carbocycles. The van der Waals surface area contributed by atoms with Crippen molar-refractivity contribution in [3.8, 4) is 0 Å². The fraction of sp³-hybridized carbons (Fsp3) is 0.650. The molecule has 0 saturated heterocycles. The number of hydrogen-bond donors (Lipinski definition) is 2. The van der Waals surface area contributed by atoms with Gasteiger partial charge in [-0.1, -0.05) is 31.7 Å². The molecule has 1 aromatic carbocycles. The molecule has 2 rings (SSSR count). The Balaban J connectivity index is 0.00000392. The molecule has 160 valence electrons. The highest BCUT2D eigenvalue weighted by Crippen LogP contribution is 2.18. The molecule has 0 spiro atoms. The normalized spacial score (nSPS) is 15.9. The molecule has 0 atom stereocenters. The van der Waals surface area contributed by atoms with Crippen LogP contribution in [0.3, 0.4) is 0 Å². The van der Waals surface area contributed by atoms with E-state index in [0.717, 1.165) is 6.54 Å². The average Bonchev–Trinajstić information content (AvgIpc) is 2.93. The molecule has 1 aromatic rings. The minimum atomic E-state index is -3.60. The van der Waals surface area contributed by atoms with Gasteiger partial charge in [0.05, 0.1) is 4.90 Å². The van der Waals surface area contributed by atoms with Gasteiger partial charge in [0.2, 0.25) is 10.0 Å². The molecule has 0 bridgehead atoms. The van der Waals surface area contributed by atoms with Crippen LogP contribution in [0.1, 0.15) is 62.7 Å². The summed E-state index contributed by atoms with van der Waals surface area (Å²) in [4.78, 5) is 12.5. The standard InChI is InChI=1S/C20H33N3O3S.ClH/c1-16(2)23(3)27(25,26)19-12-8-9-17(15-19)20(24)22-14-13-21-18-10-6-4-5-7-11-18;/h8-9,12,15-16,18,21H,4-7,10-11,13-14H2,1-3H3,(H,22,24);1H. The summed E-state index contributed by atoms with van der Waals surface area (Å²) < 4.78 is 26.5. The van der Waals surface area contributed by atoms with E-state index < -0.39 is 10.0 Å². The predicted molar refractivity (Wildman–Crippen MR) is 116 cm³/mol. The van der Waals surface area contributed by atoms with E-state index in [1.807, 2.05) is 13.8 Å². The number of carbonyl (C=O) groups is 1. The number of amides is 1. The number of rotatable bonds is 8. The Bertz CT molecular complexity index is 717. The van der Waals surface area contributed by atoms with Crippen LogP contribution in [-0.2, 0) is 10.0 Å². The minimum Gasteiger partial charge on any atom is -0.351 e. The van der Waals surface area contributed by atoms with Crippen molar-refractivity contribution in [3.05, 3.63) is 29.8 Å². The first-order chi connectivity index (χ1) is 12.8. The third-order valence-electron chi connectivity index (χ3n) is 5.20. The van der Waals surface area contributed by atoms with Gasteiger partial charge in [-0.2, -0.15) is 4.31 Å². The topological polar surface area (TPSA) is 78.5 Å². The second kappa shape index (κ2) is 11.8. The van der Waals surface area contributed by atoms with E-state index >= 15 is 0 Å². The lowest BCUT2D eigenvalue weighted by Crippen LogP contribution is -2.37. The zero-order valence-corrected chi connectivity index (χ0v) is 18.7. The van der Waals surface area contributed by atoms with Crippen molar-refractivity contribution in [2.24, 2.45) is 0 Å². The molecule has 0 radical (unpaired) electrons. The maximum atomic E-state index is 12.6. The van der Waals surface area contributed by atoms with Gasteiger partial charge in [-0.25, -0.2) is 8.42 Å². The van der Waals surface area contributed by atoms with Crippen molar-refractivity contribution in [2.45, 2.75) is 69.4 Å². The van der Waals surface area contributed by atoms with Gasteiger partial charge >= 0.3 is 0 Å².